The molecule has 0 saturated carbocycles. The lowest BCUT2D eigenvalue weighted by atomic mass is 10.1. The van der Waals surface area contributed by atoms with Crippen LogP contribution in [0.15, 0.2) is 53.5 Å². The highest BCUT2D eigenvalue weighted by molar-refractivity contribution is 14.0. The number of carbonyl (C=O) groups excluding carboxylic acids is 1. The summed E-state index contributed by atoms with van der Waals surface area (Å²) >= 11 is 6.04. The normalized spacial score (nSPS) is 10.8. The van der Waals surface area contributed by atoms with Gasteiger partial charge in [0.25, 0.3) is 0 Å². The molecule has 0 atom stereocenters. The number of guanidine groups is 1. The lowest BCUT2D eigenvalue weighted by molar-refractivity contribution is -0.116. The van der Waals surface area contributed by atoms with E-state index < -0.39 is 0 Å². The lowest BCUT2D eigenvalue weighted by Gasteiger charge is -2.09. The van der Waals surface area contributed by atoms with E-state index in [9.17, 15) is 4.79 Å². The molecule has 0 bridgehead atoms. The molecular formula is C19H24ClIN4O. The predicted octanol–water partition coefficient (Wildman–Crippen LogP) is 3.74. The average Bonchev–Trinajstić information content (AvgIpc) is 2.60. The summed E-state index contributed by atoms with van der Waals surface area (Å²) in [6.07, 6.45) is 1.12. The third-order valence-corrected chi connectivity index (χ3v) is 4.13. The number of hydrogen-bond donors (Lipinski definition) is 3. The lowest BCUT2D eigenvalue weighted by Crippen LogP contribution is -2.33. The second kappa shape index (κ2) is 11.7. The molecule has 0 heterocycles. The number of aliphatic imine (C=N–C) groups is 1. The van der Waals surface area contributed by atoms with E-state index in [4.69, 9.17) is 17.3 Å². The van der Waals surface area contributed by atoms with Crippen molar-refractivity contribution in [2.24, 2.45) is 10.7 Å². The van der Waals surface area contributed by atoms with Gasteiger partial charge in [-0.15, -0.1) is 24.0 Å². The molecule has 5 nitrogen and oxygen atoms in total. The van der Waals surface area contributed by atoms with Crippen molar-refractivity contribution in [3.8, 4) is 0 Å². The summed E-state index contributed by atoms with van der Waals surface area (Å²) in [5, 5.41) is 6.51. The number of nitrogens with one attached hydrogen (secondary N) is 2. The van der Waals surface area contributed by atoms with Gasteiger partial charge in [-0.2, -0.15) is 0 Å². The Morgan fingerprint density at radius 1 is 1.15 bits per heavy atom. The number of hydrogen-bond acceptors (Lipinski definition) is 2. The molecule has 0 aliphatic heterocycles. The highest BCUT2D eigenvalue weighted by atomic mass is 127. The minimum absolute atomic E-state index is 0. The molecule has 140 valence electrons. The van der Waals surface area contributed by atoms with Crippen LogP contribution in [-0.4, -0.2) is 25.0 Å². The van der Waals surface area contributed by atoms with Crippen molar-refractivity contribution in [3.05, 3.63) is 64.7 Å². The van der Waals surface area contributed by atoms with Crippen LogP contribution in [0.5, 0.6) is 0 Å². The minimum Gasteiger partial charge on any atom is -0.370 e. The van der Waals surface area contributed by atoms with E-state index in [0.29, 0.717) is 24.1 Å². The van der Waals surface area contributed by atoms with Crippen LogP contribution in [0.1, 0.15) is 17.5 Å². The fourth-order valence-corrected chi connectivity index (χ4v) is 2.44. The first-order valence-corrected chi connectivity index (χ1v) is 8.56. The molecule has 2 aromatic carbocycles. The van der Waals surface area contributed by atoms with Crippen molar-refractivity contribution in [2.45, 2.75) is 19.8 Å². The largest absolute Gasteiger partial charge is 0.370 e. The Morgan fingerprint density at radius 3 is 2.62 bits per heavy atom. The smallest absolute Gasteiger partial charge is 0.226 e. The molecule has 0 spiro atoms. The van der Waals surface area contributed by atoms with Gasteiger partial charge in [0.05, 0.1) is 6.54 Å². The Morgan fingerprint density at radius 2 is 1.88 bits per heavy atom. The third kappa shape index (κ3) is 7.61. The molecule has 2 rings (SSSR count). The summed E-state index contributed by atoms with van der Waals surface area (Å²) in [6.45, 7) is 2.90. The van der Waals surface area contributed by atoms with Gasteiger partial charge in [0.2, 0.25) is 5.91 Å². The molecule has 2 aromatic rings. The number of amides is 1. The maximum Gasteiger partial charge on any atom is 0.226 e. The molecule has 0 saturated heterocycles. The van der Waals surface area contributed by atoms with Crippen LogP contribution in [0.4, 0.5) is 5.69 Å². The van der Waals surface area contributed by atoms with Gasteiger partial charge in [-0.05, 0) is 36.6 Å². The van der Waals surface area contributed by atoms with Crippen molar-refractivity contribution in [3.63, 3.8) is 0 Å². The number of nitrogens with zero attached hydrogens (tertiary/aromatic N) is 1. The van der Waals surface area contributed by atoms with E-state index in [0.717, 1.165) is 17.7 Å². The first-order valence-electron chi connectivity index (χ1n) is 8.19. The van der Waals surface area contributed by atoms with Crippen molar-refractivity contribution in [1.82, 2.24) is 5.32 Å². The molecule has 0 unspecified atom stereocenters. The van der Waals surface area contributed by atoms with Crippen LogP contribution in [0.25, 0.3) is 0 Å². The van der Waals surface area contributed by atoms with Crippen LogP contribution >= 0.6 is 35.6 Å². The Hall–Kier alpha value is -1.80. The highest BCUT2D eigenvalue weighted by Gasteiger charge is 2.06. The topological polar surface area (TPSA) is 79.5 Å². The van der Waals surface area contributed by atoms with Crippen molar-refractivity contribution in [1.29, 1.82) is 0 Å². The fraction of sp³-hybridized carbons (Fsp3) is 0.263. The Balaban J connectivity index is 0.00000338. The molecule has 1 amide bonds. The SMILES string of the molecule is Cc1c(Cl)cccc1NC(=O)CCN=C(N)NCCc1ccccc1.I. The number of halogens is 2. The molecule has 26 heavy (non-hydrogen) atoms. The number of rotatable bonds is 7. The quantitative estimate of drug-likeness (QED) is 0.317. The number of benzene rings is 2. The maximum atomic E-state index is 12.0. The van der Waals surface area contributed by atoms with Crippen molar-refractivity contribution >= 4 is 53.1 Å². The van der Waals surface area contributed by atoms with E-state index in [1.807, 2.05) is 31.2 Å². The predicted molar refractivity (Wildman–Crippen MR) is 119 cm³/mol. The zero-order valence-corrected chi connectivity index (χ0v) is 17.8. The summed E-state index contributed by atoms with van der Waals surface area (Å²) in [5.41, 5.74) is 8.61. The zero-order chi connectivity index (χ0) is 18.1. The molecule has 0 fully saturated rings. The van der Waals surface area contributed by atoms with Crippen LogP contribution in [0, 0.1) is 6.92 Å². The van der Waals surface area contributed by atoms with Crippen LogP contribution in [0.2, 0.25) is 5.02 Å². The van der Waals surface area contributed by atoms with Crippen LogP contribution in [-0.2, 0) is 11.2 Å². The number of anilines is 1. The summed E-state index contributed by atoms with van der Waals surface area (Å²) in [5.74, 6) is 0.230. The second-order valence-electron chi connectivity index (χ2n) is 5.64. The first kappa shape index (κ1) is 22.2. The first-order chi connectivity index (χ1) is 12.1. The molecule has 0 aliphatic rings. The van der Waals surface area contributed by atoms with E-state index in [-0.39, 0.29) is 36.3 Å². The van der Waals surface area contributed by atoms with Crippen LogP contribution in [0.3, 0.4) is 0 Å². The van der Waals surface area contributed by atoms with Gasteiger partial charge in [0.1, 0.15) is 0 Å². The highest BCUT2D eigenvalue weighted by Crippen LogP contribution is 2.22. The van der Waals surface area contributed by atoms with E-state index in [1.165, 1.54) is 5.56 Å². The third-order valence-electron chi connectivity index (χ3n) is 3.73. The Bertz CT molecular complexity index is 738. The minimum atomic E-state index is -0.119. The van der Waals surface area contributed by atoms with Crippen molar-refractivity contribution in [2.75, 3.05) is 18.4 Å². The monoisotopic (exact) mass is 486 g/mol. The molecule has 0 radical (unpaired) electrons. The van der Waals surface area contributed by atoms with Gasteiger partial charge < -0.3 is 16.4 Å². The summed E-state index contributed by atoms with van der Waals surface area (Å²) in [6, 6.07) is 15.6. The van der Waals surface area contributed by atoms with Gasteiger partial charge in [-0.3, -0.25) is 9.79 Å². The molecule has 4 N–H and O–H groups in total. The number of carbonyl (C=O) groups is 1. The summed E-state index contributed by atoms with van der Waals surface area (Å²) < 4.78 is 0. The van der Waals surface area contributed by atoms with Crippen molar-refractivity contribution < 1.29 is 4.79 Å². The molecule has 7 heteroatoms. The van der Waals surface area contributed by atoms with Gasteiger partial charge in [0, 0.05) is 23.7 Å². The molecule has 0 aromatic heterocycles. The second-order valence-corrected chi connectivity index (χ2v) is 6.05. The van der Waals surface area contributed by atoms with E-state index in [1.54, 1.807) is 12.1 Å². The maximum absolute atomic E-state index is 12.0. The van der Waals surface area contributed by atoms with E-state index in [2.05, 4.69) is 27.8 Å². The van der Waals surface area contributed by atoms with Gasteiger partial charge in [0.15, 0.2) is 5.96 Å². The van der Waals surface area contributed by atoms with Gasteiger partial charge in [-0.1, -0.05) is 48.0 Å². The van der Waals surface area contributed by atoms with Crippen LogP contribution < -0.4 is 16.4 Å². The number of nitrogens with two attached hydrogens (primary N) is 1. The zero-order valence-electron chi connectivity index (χ0n) is 14.7. The van der Waals surface area contributed by atoms with Gasteiger partial charge in [-0.25, -0.2) is 0 Å². The van der Waals surface area contributed by atoms with E-state index >= 15 is 0 Å². The summed E-state index contributed by atoms with van der Waals surface area (Å²) in [4.78, 5) is 16.1. The van der Waals surface area contributed by atoms with Gasteiger partial charge >= 0.3 is 0 Å². The Labute approximate surface area is 176 Å². The molecule has 0 aliphatic carbocycles. The summed E-state index contributed by atoms with van der Waals surface area (Å²) in [7, 11) is 0. The average molecular weight is 487 g/mol. The Kier molecular flexibility index (Phi) is 10.0. The standard InChI is InChI=1S/C19H23ClN4O.HI/c1-14-16(20)8-5-9-17(14)24-18(25)11-13-23-19(21)22-12-10-15-6-3-2-4-7-15;/h2-9H,10-13H2,1H3,(H,24,25)(H3,21,22,23);1H. The fourth-order valence-electron chi connectivity index (χ4n) is 2.27. The molecular weight excluding hydrogens is 463 g/mol.